The predicted molar refractivity (Wildman–Crippen MR) is 60.2 cm³/mol. The molecule has 6 heteroatoms. The molecule has 0 fully saturated rings. The van der Waals surface area contributed by atoms with Crippen molar-refractivity contribution in [3.05, 3.63) is 18.7 Å². The minimum Gasteiger partial charge on any atom is -0.390 e. The zero-order valence-corrected chi connectivity index (χ0v) is 9.38. The molecule has 0 saturated carbocycles. The van der Waals surface area contributed by atoms with Gasteiger partial charge in [0.1, 0.15) is 6.33 Å². The fourth-order valence-corrected chi connectivity index (χ4v) is 1.37. The van der Waals surface area contributed by atoms with Crippen LogP contribution in [0.25, 0.3) is 5.65 Å². The van der Waals surface area contributed by atoms with E-state index in [2.05, 4.69) is 20.5 Å². The summed E-state index contributed by atoms with van der Waals surface area (Å²) in [5.74, 6) is 0.684. The van der Waals surface area contributed by atoms with Crippen LogP contribution in [0.3, 0.4) is 0 Å². The summed E-state index contributed by atoms with van der Waals surface area (Å²) < 4.78 is 1.79. The molecule has 0 spiro atoms. The molecule has 2 rings (SSSR count). The van der Waals surface area contributed by atoms with Crippen LogP contribution >= 0.6 is 0 Å². The molecule has 2 heterocycles. The number of aromatic nitrogens is 4. The molecular formula is C10H15N5O. The maximum Gasteiger partial charge on any atom is 0.203 e. The van der Waals surface area contributed by atoms with Crippen molar-refractivity contribution in [2.75, 3.05) is 11.9 Å². The minimum atomic E-state index is -0.675. The SMILES string of the molecule is CC(C)(O)CCNc1nccn2cnnc12. The van der Waals surface area contributed by atoms with Crippen molar-refractivity contribution in [2.45, 2.75) is 25.9 Å². The molecule has 0 bridgehead atoms. The second-order valence-electron chi connectivity index (χ2n) is 4.33. The van der Waals surface area contributed by atoms with E-state index >= 15 is 0 Å². The van der Waals surface area contributed by atoms with Crippen LogP contribution in [0, 0.1) is 0 Å². The highest BCUT2D eigenvalue weighted by Crippen LogP contribution is 2.11. The first-order valence-electron chi connectivity index (χ1n) is 5.17. The Hall–Kier alpha value is -1.69. The van der Waals surface area contributed by atoms with Crippen LogP contribution in [0.15, 0.2) is 18.7 Å². The van der Waals surface area contributed by atoms with E-state index in [-0.39, 0.29) is 0 Å². The number of nitrogens with zero attached hydrogens (tertiary/aromatic N) is 4. The summed E-state index contributed by atoms with van der Waals surface area (Å²) in [6, 6.07) is 0. The molecule has 6 nitrogen and oxygen atoms in total. The lowest BCUT2D eigenvalue weighted by Gasteiger charge is -2.17. The first-order valence-corrected chi connectivity index (χ1v) is 5.17. The van der Waals surface area contributed by atoms with Crippen LogP contribution in [0.5, 0.6) is 0 Å². The first-order chi connectivity index (χ1) is 7.56. The summed E-state index contributed by atoms with van der Waals surface area (Å²) in [6.45, 7) is 4.20. The average Bonchev–Trinajstić information content (AvgIpc) is 2.64. The summed E-state index contributed by atoms with van der Waals surface area (Å²) in [5, 5.41) is 20.5. The third-order valence-electron chi connectivity index (χ3n) is 2.25. The number of hydrogen-bond donors (Lipinski definition) is 2. The zero-order valence-electron chi connectivity index (χ0n) is 9.38. The number of rotatable bonds is 4. The van der Waals surface area contributed by atoms with Crippen molar-refractivity contribution in [2.24, 2.45) is 0 Å². The lowest BCUT2D eigenvalue weighted by molar-refractivity contribution is 0.0748. The molecule has 2 N–H and O–H groups in total. The fourth-order valence-electron chi connectivity index (χ4n) is 1.37. The smallest absolute Gasteiger partial charge is 0.203 e. The van der Waals surface area contributed by atoms with Gasteiger partial charge in [-0.25, -0.2) is 4.98 Å². The Kier molecular flexibility index (Phi) is 2.74. The molecule has 0 aliphatic heterocycles. The third-order valence-corrected chi connectivity index (χ3v) is 2.25. The molecular weight excluding hydrogens is 206 g/mol. The molecule has 0 atom stereocenters. The quantitative estimate of drug-likeness (QED) is 0.794. The number of nitrogens with one attached hydrogen (secondary N) is 1. The number of aliphatic hydroxyl groups is 1. The largest absolute Gasteiger partial charge is 0.390 e. The van der Waals surface area contributed by atoms with Crippen LogP contribution in [0.2, 0.25) is 0 Å². The standard InChI is InChI=1S/C10H15N5O/c1-10(2,16)3-4-11-8-9-14-13-7-15(9)6-5-12-8/h5-7,16H,3-4H2,1-2H3,(H,11,12). The Balaban J connectivity index is 2.07. The van der Waals surface area contributed by atoms with Gasteiger partial charge in [0, 0.05) is 18.9 Å². The highest BCUT2D eigenvalue weighted by Gasteiger charge is 2.12. The van der Waals surface area contributed by atoms with E-state index < -0.39 is 5.60 Å². The molecule has 2 aromatic rings. The monoisotopic (exact) mass is 221 g/mol. The fraction of sp³-hybridized carbons (Fsp3) is 0.500. The Labute approximate surface area is 93.3 Å². The van der Waals surface area contributed by atoms with Crippen LogP contribution in [-0.4, -0.2) is 36.8 Å². The Morgan fingerprint density at radius 3 is 3.06 bits per heavy atom. The second kappa shape index (κ2) is 4.05. The van der Waals surface area contributed by atoms with E-state index in [0.29, 0.717) is 24.4 Å². The first kappa shape index (κ1) is 10.8. The van der Waals surface area contributed by atoms with E-state index in [4.69, 9.17) is 0 Å². The topological polar surface area (TPSA) is 75.3 Å². The van der Waals surface area contributed by atoms with E-state index in [1.807, 2.05) is 0 Å². The molecule has 2 aromatic heterocycles. The Morgan fingerprint density at radius 2 is 2.31 bits per heavy atom. The number of anilines is 1. The van der Waals surface area contributed by atoms with E-state index in [1.165, 1.54) is 0 Å². The van der Waals surface area contributed by atoms with Crippen LogP contribution in [0.4, 0.5) is 5.82 Å². The molecule has 0 aromatic carbocycles. The van der Waals surface area contributed by atoms with Gasteiger partial charge in [0.05, 0.1) is 5.60 Å². The van der Waals surface area contributed by atoms with E-state index in [1.54, 1.807) is 37.0 Å². The molecule has 0 aliphatic carbocycles. The molecule has 0 radical (unpaired) electrons. The van der Waals surface area contributed by atoms with Gasteiger partial charge in [0.25, 0.3) is 0 Å². The molecule has 0 saturated heterocycles. The molecule has 86 valence electrons. The van der Waals surface area contributed by atoms with Crippen molar-refractivity contribution < 1.29 is 5.11 Å². The van der Waals surface area contributed by atoms with E-state index in [0.717, 1.165) is 0 Å². The minimum absolute atomic E-state index is 0.642. The van der Waals surface area contributed by atoms with Gasteiger partial charge in [-0.2, -0.15) is 0 Å². The number of fused-ring (bicyclic) bond motifs is 1. The lowest BCUT2D eigenvalue weighted by Crippen LogP contribution is -2.23. The van der Waals surface area contributed by atoms with Crippen molar-refractivity contribution in [3.63, 3.8) is 0 Å². The van der Waals surface area contributed by atoms with Crippen LogP contribution in [0.1, 0.15) is 20.3 Å². The molecule has 0 amide bonds. The lowest BCUT2D eigenvalue weighted by atomic mass is 10.1. The normalized spacial score (nSPS) is 11.9. The second-order valence-corrected chi connectivity index (χ2v) is 4.33. The van der Waals surface area contributed by atoms with Gasteiger partial charge in [0.2, 0.25) is 5.65 Å². The van der Waals surface area contributed by atoms with Gasteiger partial charge >= 0.3 is 0 Å². The average molecular weight is 221 g/mol. The highest BCUT2D eigenvalue weighted by atomic mass is 16.3. The van der Waals surface area contributed by atoms with Gasteiger partial charge in [-0.15, -0.1) is 10.2 Å². The van der Waals surface area contributed by atoms with Crippen LogP contribution < -0.4 is 5.32 Å². The summed E-state index contributed by atoms with van der Waals surface area (Å²) in [5.41, 5.74) is 0.0180. The van der Waals surface area contributed by atoms with Crippen molar-refractivity contribution in [3.8, 4) is 0 Å². The van der Waals surface area contributed by atoms with Crippen molar-refractivity contribution in [1.82, 2.24) is 19.6 Å². The summed E-state index contributed by atoms with van der Waals surface area (Å²) in [7, 11) is 0. The summed E-state index contributed by atoms with van der Waals surface area (Å²) in [4.78, 5) is 4.18. The predicted octanol–water partition coefficient (Wildman–Crippen LogP) is 0.697. The molecule has 16 heavy (non-hydrogen) atoms. The Bertz CT molecular complexity index is 473. The zero-order chi connectivity index (χ0) is 11.6. The molecule has 0 aliphatic rings. The number of hydrogen-bond acceptors (Lipinski definition) is 5. The van der Waals surface area contributed by atoms with Crippen molar-refractivity contribution >= 4 is 11.5 Å². The maximum atomic E-state index is 9.58. The van der Waals surface area contributed by atoms with Gasteiger partial charge < -0.3 is 10.4 Å². The summed E-state index contributed by atoms with van der Waals surface area (Å²) >= 11 is 0. The third kappa shape index (κ3) is 2.46. The van der Waals surface area contributed by atoms with Crippen molar-refractivity contribution in [1.29, 1.82) is 0 Å². The van der Waals surface area contributed by atoms with Gasteiger partial charge in [-0.05, 0) is 20.3 Å². The van der Waals surface area contributed by atoms with Crippen LogP contribution in [-0.2, 0) is 0 Å². The van der Waals surface area contributed by atoms with Gasteiger partial charge in [-0.1, -0.05) is 0 Å². The van der Waals surface area contributed by atoms with Gasteiger partial charge in [-0.3, -0.25) is 4.40 Å². The highest BCUT2D eigenvalue weighted by molar-refractivity contribution is 5.61. The summed E-state index contributed by atoms with van der Waals surface area (Å²) in [6.07, 6.45) is 5.74. The maximum absolute atomic E-state index is 9.58. The van der Waals surface area contributed by atoms with E-state index in [9.17, 15) is 5.11 Å². The van der Waals surface area contributed by atoms with Gasteiger partial charge in [0.15, 0.2) is 5.82 Å². The molecule has 0 unspecified atom stereocenters. The Morgan fingerprint density at radius 1 is 1.50 bits per heavy atom.